The van der Waals surface area contributed by atoms with E-state index in [9.17, 15) is 14.7 Å². The van der Waals surface area contributed by atoms with Gasteiger partial charge < -0.3 is 20.0 Å². The van der Waals surface area contributed by atoms with Crippen LogP contribution in [0.2, 0.25) is 0 Å². The highest BCUT2D eigenvalue weighted by atomic mass is 16.6. The molecule has 0 spiro atoms. The van der Waals surface area contributed by atoms with Gasteiger partial charge in [0.25, 0.3) is 0 Å². The number of carboxylic acid groups (broad SMARTS) is 1. The molecule has 5 heteroatoms. The van der Waals surface area contributed by atoms with E-state index in [1.165, 1.54) is 0 Å². The molecule has 5 nitrogen and oxygen atoms in total. The van der Waals surface area contributed by atoms with Gasteiger partial charge in [0.15, 0.2) is 0 Å². The zero-order valence-electron chi connectivity index (χ0n) is 10.5. The lowest BCUT2D eigenvalue weighted by molar-refractivity contribution is -0.306. The number of nitrogens with one attached hydrogen (secondary N) is 1. The molecule has 0 aromatic rings. The summed E-state index contributed by atoms with van der Waals surface area (Å²) in [6.07, 6.45) is -0.816. The third kappa shape index (κ3) is 7.09. The van der Waals surface area contributed by atoms with Gasteiger partial charge in [0.05, 0.1) is 0 Å². The number of carbonyl (C=O) groups is 2. The van der Waals surface area contributed by atoms with Crippen LogP contribution in [0.15, 0.2) is 0 Å². The van der Waals surface area contributed by atoms with Crippen LogP contribution < -0.4 is 10.4 Å². The van der Waals surface area contributed by atoms with Crippen LogP contribution >= 0.6 is 0 Å². The van der Waals surface area contributed by atoms with Crippen LogP contribution in [0.4, 0.5) is 4.79 Å². The molecule has 0 aliphatic carbocycles. The molecule has 0 aromatic carbocycles. The van der Waals surface area contributed by atoms with Gasteiger partial charge >= 0.3 is 6.09 Å². The molecular formula is C11H20NO4-. The number of carbonyl (C=O) groups excluding carboxylic acids is 2. The highest BCUT2D eigenvalue weighted by Crippen LogP contribution is 2.10. The number of amides is 1. The first kappa shape index (κ1) is 14.7. The number of hydrogen-bond acceptors (Lipinski definition) is 4. The third-order valence-electron chi connectivity index (χ3n) is 1.89. The fraction of sp³-hybridized carbons (Fsp3) is 0.818. The molecule has 0 heterocycles. The minimum Gasteiger partial charge on any atom is -0.550 e. The van der Waals surface area contributed by atoms with Crippen LogP contribution in [0.1, 0.15) is 41.0 Å². The zero-order valence-corrected chi connectivity index (χ0v) is 10.5. The van der Waals surface area contributed by atoms with Crippen molar-refractivity contribution in [3.8, 4) is 0 Å². The molecule has 1 N–H and O–H groups in total. The van der Waals surface area contributed by atoms with Gasteiger partial charge in [0.1, 0.15) is 5.60 Å². The quantitative estimate of drug-likeness (QED) is 0.770. The molecule has 1 amide bonds. The van der Waals surface area contributed by atoms with Crippen LogP contribution in [-0.2, 0) is 9.53 Å². The van der Waals surface area contributed by atoms with E-state index in [-0.39, 0.29) is 12.3 Å². The van der Waals surface area contributed by atoms with E-state index in [4.69, 9.17) is 4.74 Å². The van der Waals surface area contributed by atoms with Crippen LogP contribution in [0.25, 0.3) is 0 Å². The SMILES string of the molecule is CC(C)[C@@H](CC(=O)[O-])NC(=O)OC(C)(C)C. The Balaban J connectivity index is 4.30. The molecule has 0 unspecified atom stereocenters. The summed E-state index contributed by atoms with van der Waals surface area (Å²) in [5, 5.41) is 13.0. The maximum atomic E-state index is 11.4. The molecule has 0 aliphatic heterocycles. The zero-order chi connectivity index (χ0) is 12.9. The Bertz CT molecular complexity index is 255. The number of alkyl carbamates (subject to hydrolysis) is 1. The maximum Gasteiger partial charge on any atom is 0.407 e. The molecule has 94 valence electrons. The second-order valence-electron chi connectivity index (χ2n) is 5.07. The summed E-state index contributed by atoms with van der Waals surface area (Å²) in [5.74, 6) is -1.18. The Labute approximate surface area is 96.2 Å². The highest BCUT2D eigenvalue weighted by Gasteiger charge is 2.21. The molecule has 0 saturated heterocycles. The maximum absolute atomic E-state index is 11.4. The Kier molecular flexibility index (Phi) is 5.27. The molecule has 0 bridgehead atoms. The summed E-state index contributed by atoms with van der Waals surface area (Å²) < 4.78 is 5.04. The summed E-state index contributed by atoms with van der Waals surface area (Å²) in [6, 6.07) is -0.472. The Morgan fingerprint density at radius 2 is 1.81 bits per heavy atom. The van der Waals surface area contributed by atoms with E-state index in [1.54, 1.807) is 20.8 Å². The van der Waals surface area contributed by atoms with E-state index in [0.717, 1.165) is 0 Å². The standard InChI is InChI=1S/C11H21NO4/c1-7(2)8(6-9(13)14)12-10(15)16-11(3,4)5/h7-8H,6H2,1-5H3,(H,12,15)(H,13,14)/p-1/t8-/m1/s1. The van der Waals surface area contributed by atoms with Crippen molar-refractivity contribution in [2.24, 2.45) is 5.92 Å². The Morgan fingerprint density at radius 3 is 2.12 bits per heavy atom. The fourth-order valence-corrected chi connectivity index (χ4v) is 1.09. The Morgan fingerprint density at radius 1 is 1.31 bits per heavy atom. The van der Waals surface area contributed by atoms with Gasteiger partial charge in [-0.05, 0) is 26.7 Å². The topological polar surface area (TPSA) is 78.5 Å². The number of aliphatic carboxylic acids is 1. The first-order valence-corrected chi connectivity index (χ1v) is 5.31. The summed E-state index contributed by atoms with van der Waals surface area (Å²) in [4.78, 5) is 21.9. The lowest BCUT2D eigenvalue weighted by atomic mass is 10.0. The second kappa shape index (κ2) is 5.72. The molecule has 0 saturated carbocycles. The lowest BCUT2D eigenvalue weighted by Crippen LogP contribution is -2.44. The first-order valence-electron chi connectivity index (χ1n) is 5.31. The van der Waals surface area contributed by atoms with Crippen LogP contribution in [-0.4, -0.2) is 23.7 Å². The molecule has 0 aliphatic rings. The van der Waals surface area contributed by atoms with E-state index in [2.05, 4.69) is 5.32 Å². The number of hydrogen-bond donors (Lipinski definition) is 1. The van der Waals surface area contributed by atoms with Crippen molar-refractivity contribution in [1.29, 1.82) is 0 Å². The third-order valence-corrected chi connectivity index (χ3v) is 1.89. The molecular weight excluding hydrogens is 210 g/mol. The van der Waals surface area contributed by atoms with Crippen molar-refractivity contribution >= 4 is 12.1 Å². The monoisotopic (exact) mass is 230 g/mol. The largest absolute Gasteiger partial charge is 0.550 e. The van der Waals surface area contributed by atoms with Crippen LogP contribution in [0.5, 0.6) is 0 Å². The summed E-state index contributed by atoms with van der Waals surface area (Å²) in [5.41, 5.74) is -0.590. The predicted molar refractivity (Wildman–Crippen MR) is 57.6 cm³/mol. The summed E-state index contributed by atoms with van der Waals surface area (Å²) >= 11 is 0. The smallest absolute Gasteiger partial charge is 0.407 e. The van der Waals surface area contributed by atoms with Gasteiger partial charge in [-0.15, -0.1) is 0 Å². The van der Waals surface area contributed by atoms with Crippen molar-refractivity contribution in [1.82, 2.24) is 5.32 Å². The summed E-state index contributed by atoms with van der Waals surface area (Å²) in [6.45, 7) is 8.89. The number of rotatable bonds is 4. The first-order chi connectivity index (χ1) is 7.11. The minimum absolute atomic E-state index is 0.00502. The van der Waals surface area contributed by atoms with Crippen molar-refractivity contribution in [3.63, 3.8) is 0 Å². The molecule has 0 fully saturated rings. The van der Waals surface area contributed by atoms with E-state index < -0.39 is 23.7 Å². The van der Waals surface area contributed by atoms with Crippen molar-refractivity contribution in [2.75, 3.05) is 0 Å². The van der Waals surface area contributed by atoms with E-state index in [0.29, 0.717) is 0 Å². The average molecular weight is 230 g/mol. The van der Waals surface area contributed by atoms with Crippen molar-refractivity contribution < 1.29 is 19.4 Å². The number of carboxylic acids is 1. The van der Waals surface area contributed by atoms with Gasteiger partial charge in [-0.25, -0.2) is 4.79 Å². The molecule has 16 heavy (non-hydrogen) atoms. The van der Waals surface area contributed by atoms with Gasteiger partial charge in [-0.3, -0.25) is 0 Å². The van der Waals surface area contributed by atoms with Crippen LogP contribution in [0.3, 0.4) is 0 Å². The average Bonchev–Trinajstić information content (AvgIpc) is 1.97. The lowest BCUT2D eigenvalue weighted by Gasteiger charge is -2.26. The van der Waals surface area contributed by atoms with Crippen LogP contribution in [0, 0.1) is 5.92 Å². The van der Waals surface area contributed by atoms with Gasteiger partial charge in [-0.2, -0.15) is 0 Å². The molecule has 0 radical (unpaired) electrons. The predicted octanol–water partition coefficient (Wildman–Crippen LogP) is 0.676. The summed E-state index contributed by atoms with van der Waals surface area (Å²) in [7, 11) is 0. The van der Waals surface area contributed by atoms with Gasteiger partial charge in [0, 0.05) is 18.4 Å². The normalized spacial score (nSPS) is 13.4. The van der Waals surface area contributed by atoms with Crippen molar-refractivity contribution in [3.05, 3.63) is 0 Å². The van der Waals surface area contributed by atoms with Gasteiger partial charge in [0.2, 0.25) is 0 Å². The Hall–Kier alpha value is -1.26. The minimum atomic E-state index is -1.19. The molecule has 0 rings (SSSR count). The van der Waals surface area contributed by atoms with E-state index >= 15 is 0 Å². The van der Waals surface area contributed by atoms with Gasteiger partial charge in [-0.1, -0.05) is 13.8 Å². The molecule has 0 aromatic heterocycles. The van der Waals surface area contributed by atoms with E-state index in [1.807, 2.05) is 13.8 Å². The fourth-order valence-electron chi connectivity index (χ4n) is 1.09. The second-order valence-corrected chi connectivity index (χ2v) is 5.07. The highest BCUT2D eigenvalue weighted by molar-refractivity contribution is 5.70. The molecule has 1 atom stereocenters. The number of ether oxygens (including phenoxy) is 1. The van der Waals surface area contributed by atoms with Crippen molar-refractivity contribution in [2.45, 2.75) is 52.7 Å².